The molecular weight excluding hydrogens is 467 g/mol. The van der Waals surface area contributed by atoms with Crippen LogP contribution in [0.3, 0.4) is 0 Å². The van der Waals surface area contributed by atoms with E-state index in [2.05, 4.69) is 5.32 Å². The number of nitrogens with one attached hydrogen (secondary N) is 1. The molecular formula is C26H23N2O6P. The van der Waals surface area contributed by atoms with Crippen molar-refractivity contribution < 1.29 is 23.6 Å². The van der Waals surface area contributed by atoms with Crippen molar-refractivity contribution in [1.82, 2.24) is 0 Å². The molecule has 9 heteroatoms. The first-order valence-electron chi connectivity index (χ1n) is 10.7. The van der Waals surface area contributed by atoms with Gasteiger partial charge in [-0.25, -0.2) is 4.57 Å². The highest BCUT2D eigenvalue weighted by Crippen LogP contribution is 2.61. The third-order valence-corrected chi connectivity index (χ3v) is 7.11. The van der Waals surface area contributed by atoms with E-state index in [-0.39, 0.29) is 28.5 Å². The molecule has 0 saturated heterocycles. The number of hydrogen-bond acceptors (Lipinski definition) is 7. The van der Waals surface area contributed by atoms with Crippen LogP contribution in [0, 0.1) is 17.0 Å². The summed E-state index contributed by atoms with van der Waals surface area (Å²) in [5, 5.41) is 25.3. The van der Waals surface area contributed by atoms with Gasteiger partial charge in [-0.05, 0) is 49.4 Å². The molecule has 0 amide bonds. The van der Waals surface area contributed by atoms with E-state index in [9.17, 15) is 19.8 Å². The summed E-state index contributed by atoms with van der Waals surface area (Å²) in [6.07, 6.45) is 0. The quantitative estimate of drug-likeness (QED) is 0.147. The van der Waals surface area contributed by atoms with Crippen LogP contribution >= 0.6 is 7.60 Å². The number of phenolic OH excluding ortho intramolecular Hbond substituents is 1. The number of nitro groups is 1. The van der Waals surface area contributed by atoms with Crippen molar-refractivity contribution in [3.8, 4) is 17.2 Å². The van der Waals surface area contributed by atoms with Crippen LogP contribution in [0.15, 0.2) is 103 Å². The first-order valence-corrected chi connectivity index (χ1v) is 12.3. The molecule has 4 rings (SSSR count). The summed E-state index contributed by atoms with van der Waals surface area (Å²) in [6, 6.07) is 27.7. The van der Waals surface area contributed by atoms with E-state index in [4.69, 9.17) is 9.05 Å². The van der Waals surface area contributed by atoms with E-state index < -0.39 is 18.3 Å². The highest BCUT2D eigenvalue weighted by Gasteiger charge is 2.43. The minimum atomic E-state index is -4.24. The predicted molar refractivity (Wildman–Crippen MR) is 134 cm³/mol. The van der Waals surface area contributed by atoms with Crippen molar-refractivity contribution >= 4 is 19.0 Å². The largest absolute Gasteiger partial charge is 0.508 e. The summed E-state index contributed by atoms with van der Waals surface area (Å²) in [5.74, 6) is -1.06. The summed E-state index contributed by atoms with van der Waals surface area (Å²) in [5.41, 5.74) is 1.28. The fourth-order valence-electron chi connectivity index (χ4n) is 3.39. The zero-order valence-corrected chi connectivity index (χ0v) is 19.7. The summed E-state index contributed by atoms with van der Waals surface area (Å²) in [4.78, 5) is 10.9. The minimum absolute atomic E-state index is 0.00466. The predicted octanol–water partition coefficient (Wildman–Crippen LogP) is 7.07. The molecule has 2 N–H and O–H groups in total. The van der Waals surface area contributed by atoms with Crippen molar-refractivity contribution in [3.63, 3.8) is 0 Å². The van der Waals surface area contributed by atoms with Gasteiger partial charge < -0.3 is 19.5 Å². The van der Waals surface area contributed by atoms with Crippen molar-refractivity contribution in [2.45, 2.75) is 12.7 Å². The zero-order chi connectivity index (χ0) is 24.8. The normalized spacial score (nSPS) is 11.9. The van der Waals surface area contributed by atoms with Gasteiger partial charge in [0.15, 0.2) is 5.78 Å². The Balaban J connectivity index is 1.87. The van der Waals surface area contributed by atoms with Gasteiger partial charge in [-0.1, -0.05) is 54.1 Å². The summed E-state index contributed by atoms with van der Waals surface area (Å²) < 4.78 is 26.5. The van der Waals surface area contributed by atoms with E-state index >= 15 is 0 Å². The number of hydrogen-bond donors (Lipinski definition) is 2. The van der Waals surface area contributed by atoms with Gasteiger partial charge in [-0.15, -0.1) is 0 Å². The number of nitro benzene ring substituents is 1. The molecule has 8 nitrogen and oxygen atoms in total. The monoisotopic (exact) mass is 490 g/mol. The number of phenols is 1. The third kappa shape index (κ3) is 5.80. The van der Waals surface area contributed by atoms with Gasteiger partial charge >= 0.3 is 7.60 Å². The lowest BCUT2D eigenvalue weighted by atomic mass is 10.1. The Kier molecular flexibility index (Phi) is 7.03. The number of nitrogens with zero attached hydrogens (tertiary/aromatic N) is 1. The molecule has 0 aliphatic carbocycles. The molecule has 0 heterocycles. The molecule has 4 aromatic rings. The number of aromatic hydroxyl groups is 1. The van der Waals surface area contributed by atoms with Gasteiger partial charge in [-0.3, -0.25) is 10.1 Å². The van der Waals surface area contributed by atoms with Crippen LogP contribution < -0.4 is 14.4 Å². The maximum Gasteiger partial charge on any atom is 0.457 e. The van der Waals surface area contributed by atoms with Crippen molar-refractivity contribution in [1.29, 1.82) is 0 Å². The van der Waals surface area contributed by atoms with Gasteiger partial charge in [0, 0.05) is 23.4 Å². The lowest BCUT2D eigenvalue weighted by Crippen LogP contribution is -2.18. The summed E-state index contributed by atoms with van der Waals surface area (Å²) >= 11 is 0. The molecule has 1 unspecified atom stereocenters. The summed E-state index contributed by atoms with van der Waals surface area (Å²) in [7, 11) is -4.24. The molecule has 0 spiro atoms. The standard InChI is InChI=1S/C26H23N2O6P/c1-19-12-14-20(15-13-19)27-26(24-18-21(28(30)31)16-17-25(24)29)35(32,33-22-8-4-2-5-9-22)34-23-10-6-3-7-11-23/h2-18,26-27,29H,1H3. The number of para-hydroxylation sites is 2. The Labute approximate surface area is 202 Å². The molecule has 0 aliphatic rings. The van der Waals surface area contributed by atoms with Crippen LogP contribution in [0.1, 0.15) is 16.9 Å². The number of non-ortho nitro benzene ring substituents is 1. The Hall–Kier alpha value is -4.29. The minimum Gasteiger partial charge on any atom is -0.508 e. The van der Waals surface area contributed by atoms with E-state index in [0.717, 1.165) is 11.6 Å². The third-order valence-electron chi connectivity index (χ3n) is 5.14. The topological polar surface area (TPSA) is 111 Å². The van der Waals surface area contributed by atoms with E-state index in [1.807, 2.05) is 19.1 Å². The second-order valence-corrected chi connectivity index (χ2v) is 9.72. The smallest absolute Gasteiger partial charge is 0.457 e. The lowest BCUT2D eigenvalue weighted by molar-refractivity contribution is -0.384. The first kappa shape index (κ1) is 23.9. The second kappa shape index (κ2) is 10.3. The Morgan fingerprint density at radius 3 is 1.91 bits per heavy atom. The van der Waals surface area contributed by atoms with Crippen LogP contribution in [0.5, 0.6) is 17.2 Å². The average molecular weight is 490 g/mol. The average Bonchev–Trinajstić information content (AvgIpc) is 2.85. The highest BCUT2D eigenvalue weighted by atomic mass is 31.2. The molecule has 4 aromatic carbocycles. The van der Waals surface area contributed by atoms with Gasteiger partial charge in [0.05, 0.1) is 4.92 Å². The lowest BCUT2D eigenvalue weighted by Gasteiger charge is -2.29. The van der Waals surface area contributed by atoms with Gasteiger partial charge in [-0.2, -0.15) is 0 Å². The van der Waals surface area contributed by atoms with Crippen LogP contribution in [-0.2, 0) is 4.57 Å². The maximum absolute atomic E-state index is 14.6. The highest BCUT2D eigenvalue weighted by molar-refractivity contribution is 7.55. The molecule has 0 aliphatic heterocycles. The fraction of sp³-hybridized carbons (Fsp3) is 0.0769. The molecule has 178 valence electrons. The molecule has 0 bridgehead atoms. The summed E-state index contributed by atoms with van der Waals surface area (Å²) in [6.45, 7) is 1.93. The van der Waals surface area contributed by atoms with Crippen molar-refractivity contribution in [2.75, 3.05) is 5.32 Å². The first-order chi connectivity index (χ1) is 16.8. The molecule has 35 heavy (non-hydrogen) atoms. The maximum atomic E-state index is 14.6. The fourth-order valence-corrected chi connectivity index (χ4v) is 5.32. The molecule has 0 aromatic heterocycles. The molecule has 0 radical (unpaired) electrons. The van der Waals surface area contributed by atoms with Crippen LogP contribution in [-0.4, -0.2) is 10.0 Å². The molecule has 0 saturated carbocycles. The number of anilines is 1. The van der Waals surface area contributed by atoms with Crippen LogP contribution in [0.2, 0.25) is 0 Å². The van der Waals surface area contributed by atoms with Gasteiger partial charge in [0.1, 0.15) is 17.2 Å². The van der Waals surface area contributed by atoms with E-state index in [1.165, 1.54) is 12.1 Å². The van der Waals surface area contributed by atoms with E-state index in [1.54, 1.807) is 72.8 Å². The van der Waals surface area contributed by atoms with E-state index in [0.29, 0.717) is 5.69 Å². The van der Waals surface area contributed by atoms with Gasteiger partial charge in [0.25, 0.3) is 5.69 Å². The SMILES string of the molecule is Cc1ccc(NC(c2cc([N+](=O)[O-])ccc2O)P(=O)(Oc2ccccc2)Oc2ccccc2)cc1. The molecule has 1 atom stereocenters. The zero-order valence-electron chi connectivity index (χ0n) is 18.8. The Morgan fingerprint density at radius 1 is 0.857 bits per heavy atom. The molecule has 0 fully saturated rings. The van der Waals surface area contributed by atoms with Crippen LogP contribution in [0.25, 0.3) is 0 Å². The van der Waals surface area contributed by atoms with Crippen molar-refractivity contribution in [3.05, 3.63) is 124 Å². The Bertz CT molecular complexity index is 1300. The second-order valence-electron chi connectivity index (χ2n) is 7.76. The number of rotatable bonds is 9. The number of benzene rings is 4. The van der Waals surface area contributed by atoms with Crippen LogP contribution in [0.4, 0.5) is 11.4 Å². The Morgan fingerprint density at radius 2 is 1.40 bits per heavy atom. The number of aryl methyl sites for hydroxylation is 1. The van der Waals surface area contributed by atoms with Gasteiger partial charge in [0.2, 0.25) is 0 Å². The van der Waals surface area contributed by atoms with Crippen molar-refractivity contribution in [2.24, 2.45) is 0 Å².